The molecule has 0 aliphatic carbocycles. The number of thioether (sulfide) groups is 1. The van der Waals surface area contributed by atoms with Gasteiger partial charge in [-0.25, -0.2) is 4.98 Å². The maximum Gasteiger partial charge on any atom is 0.234 e. The van der Waals surface area contributed by atoms with Gasteiger partial charge in [-0.1, -0.05) is 29.5 Å². The molecule has 2 aromatic heterocycles. The molecule has 0 saturated carbocycles. The largest absolute Gasteiger partial charge is 0.325 e. The first kappa shape index (κ1) is 17.2. The quantitative estimate of drug-likeness (QED) is 0.686. The third-order valence-corrected chi connectivity index (χ3v) is 4.54. The highest BCUT2D eigenvalue weighted by Crippen LogP contribution is 2.23. The van der Waals surface area contributed by atoms with Gasteiger partial charge >= 0.3 is 0 Å². The van der Waals surface area contributed by atoms with Crippen LogP contribution in [0.4, 0.5) is 5.69 Å². The van der Waals surface area contributed by atoms with E-state index in [0.717, 1.165) is 22.4 Å². The molecule has 1 aromatic carbocycles. The van der Waals surface area contributed by atoms with E-state index >= 15 is 0 Å². The standard InChI is InChI=1S/C18H19N5OS/c1-11-8-12(2)16(13(3)9-11)20-15(24)10-25-18-21-17(22-23-18)14-4-6-19-7-5-14/h4-9H,10H2,1-3H3,(H,20,24)(H,21,22,23). The topological polar surface area (TPSA) is 83.6 Å². The highest BCUT2D eigenvalue weighted by molar-refractivity contribution is 7.99. The van der Waals surface area contributed by atoms with Gasteiger partial charge in [-0.2, -0.15) is 0 Å². The van der Waals surface area contributed by atoms with Crippen LogP contribution in [0.2, 0.25) is 0 Å². The molecule has 2 heterocycles. The molecular weight excluding hydrogens is 334 g/mol. The lowest BCUT2D eigenvalue weighted by Crippen LogP contribution is -2.16. The summed E-state index contributed by atoms with van der Waals surface area (Å²) in [5.41, 5.74) is 5.10. The van der Waals surface area contributed by atoms with E-state index in [1.165, 1.54) is 17.3 Å². The second-order valence-corrected chi connectivity index (χ2v) is 6.76. The number of carbonyl (C=O) groups excluding carboxylic acids is 1. The van der Waals surface area contributed by atoms with Gasteiger partial charge in [0.05, 0.1) is 5.75 Å². The van der Waals surface area contributed by atoms with E-state index in [1.54, 1.807) is 12.4 Å². The number of carbonyl (C=O) groups is 1. The summed E-state index contributed by atoms with van der Waals surface area (Å²) in [5, 5.41) is 10.5. The van der Waals surface area contributed by atoms with Gasteiger partial charge in [-0.05, 0) is 44.0 Å². The molecule has 0 spiro atoms. The second kappa shape index (κ2) is 7.48. The van der Waals surface area contributed by atoms with Crippen LogP contribution in [0.1, 0.15) is 16.7 Å². The lowest BCUT2D eigenvalue weighted by molar-refractivity contribution is -0.113. The van der Waals surface area contributed by atoms with E-state index in [4.69, 9.17) is 0 Å². The summed E-state index contributed by atoms with van der Waals surface area (Å²) in [6.07, 6.45) is 3.40. The summed E-state index contributed by atoms with van der Waals surface area (Å²) in [6, 6.07) is 7.83. The maximum absolute atomic E-state index is 12.2. The summed E-state index contributed by atoms with van der Waals surface area (Å²) < 4.78 is 0. The Labute approximate surface area is 150 Å². The van der Waals surface area contributed by atoms with Crippen LogP contribution in [-0.4, -0.2) is 31.8 Å². The second-order valence-electron chi connectivity index (χ2n) is 5.81. The number of aromatic amines is 1. The third-order valence-electron chi connectivity index (χ3n) is 3.69. The molecular formula is C18H19N5OS. The fourth-order valence-corrected chi connectivity index (χ4v) is 3.23. The van der Waals surface area contributed by atoms with Crippen LogP contribution in [0, 0.1) is 20.8 Å². The van der Waals surface area contributed by atoms with Crippen molar-refractivity contribution in [1.82, 2.24) is 20.2 Å². The van der Waals surface area contributed by atoms with Crippen molar-refractivity contribution in [2.45, 2.75) is 25.9 Å². The summed E-state index contributed by atoms with van der Waals surface area (Å²) in [5.74, 6) is 0.839. The number of nitrogens with one attached hydrogen (secondary N) is 2. The molecule has 6 nitrogen and oxygen atoms in total. The number of amides is 1. The zero-order chi connectivity index (χ0) is 17.8. The zero-order valence-corrected chi connectivity index (χ0v) is 15.1. The summed E-state index contributed by atoms with van der Waals surface area (Å²) in [7, 11) is 0. The van der Waals surface area contributed by atoms with E-state index < -0.39 is 0 Å². The Morgan fingerprint density at radius 3 is 2.52 bits per heavy atom. The molecule has 1 amide bonds. The number of H-pyrrole nitrogens is 1. The van der Waals surface area contributed by atoms with Crippen molar-refractivity contribution in [3.63, 3.8) is 0 Å². The van der Waals surface area contributed by atoms with E-state index in [-0.39, 0.29) is 11.7 Å². The number of hydrogen-bond acceptors (Lipinski definition) is 5. The third kappa shape index (κ3) is 4.24. The van der Waals surface area contributed by atoms with E-state index in [2.05, 4.69) is 37.6 Å². The van der Waals surface area contributed by atoms with Crippen LogP contribution >= 0.6 is 11.8 Å². The van der Waals surface area contributed by atoms with Crippen LogP contribution in [0.5, 0.6) is 0 Å². The molecule has 0 aliphatic rings. The number of hydrogen-bond donors (Lipinski definition) is 2. The number of rotatable bonds is 5. The Kier molecular flexibility index (Phi) is 5.14. The lowest BCUT2D eigenvalue weighted by atomic mass is 10.1. The first-order valence-electron chi connectivity index (χ1n) is 7.86. The Hall–Kier alpha value is -2.67. The average Bonchev–Trinajstić information content (AvgIpc) is 3.06. The SMILES string of the molecule is Cc1cc(C)c(NC(=O)CSc2n[nH]c(-c3ccncc3)n2)c(C)c1. The molecule has 0 bridgehead atoms. The van der Waals surface area contributed by atoms with Gasteiger partial charge in [0.15, 0.2) is 5.82 Å². The van der Waals surface area contributed by atoms with Crippen LogP contribution in [0.25, 0.3) is 11.4 Å². The van der Waals surface area contributed by atoms with Crippen molar-refractivity contribution in [2.24, 2.45) is 0 Å². The van der Waals surface area contributed by atoms with Gasteiger partial charge in [0.2, 0.25) is 11.1 Å². The van der Waals surface area contributed by atoms with Gasteiger partial charge in [0.25, 0.3) is 0 Å². The first-order chi connectivity index (χ1) is 12.0. The Morgan fingerprint density at radius 2 is 1.84 bits per heavy atom. The fraction of sp³-hybridized carbons (Fsp3) is 0.222. The Bertz CT molecular complexity index is 868. The van der Waals surface area contributed by atoms with Crippen molar-refractivity contribution < 1.29 is 4.79 Å². The average molecular weight is 353 g/mol. The van der Waals surface area contributed by atoms with Crippen LogP contribution in [0.3, 0.4) is 0 Å². The van der Waals surface area contributed by atoms with Gasteiger partial charge < -0.3 is 5.32 Å². The lowest BCUT2D eigenvalue weighted by Gasteiger charge is -2.12. The molecule has 0 radical (unpaired) electrons. The van der Waals surface area contributed by atoms with Crippen molar-refractivity contribution in [1.29, 1.82) is 0 Å². The molecule has 0 saturated heterocycles. The molecule has 3 aromatic rings. The summed E-state index contributed by atoms with van der Waals surface area (Å²) in [4.78, 5) is 20.6. The highest BCUT2D eigenvalue weighted by atomic mass is 32.2. The van der Waals surface area contributed by atoms with Crippen molar-refractivity contribution in [2.75, 3.05) is 11.1 Å². The Balaban J connectivity index is 1.61. The van der Waals surface area contributed by atoms with Crippen molar-refractivity contribution in [3.8, 4) is 11.4 Å². The first-order valence-corrected chi connectivity index (χ1v) is 8.85. The van der Waals surface area contributed by atoms with Crippen molar-refractivity contribution >= 4 is 23.4 Å². The normalized spacial score (nSPS) is 10.7. The molecule has 25 heavy (non-hydrogen) atoms. The smallest absolute Gasteiger partial charge is 0.234 e. The van der Waals surface area contributed by atoms with Gasteiger partial charge in [-0.15, -0.1) is 5.10 Å². The maximum atomic E-state index is 12.2. The molecule has 128 valence electrons. The number of anilines is 1. The summed E-state index contributed by atoms with van der Waals surface area (Å²) >= 11 is 1.30. The summed E-state index contributed by atoms with van der Waals surface area (Å²) in [6.45, 7) is 6.04. The molecule has 0 atom stereocenters. The number of aryl methyl sites for hydroxylation is 3. The van der Waals surface area contributed by atoms with Gasteiger partial charge in [0.1, 0.15) is 0 Å². The predicted octanol–water partition coefficient (Wildman–Crippen LogP) is 3.52. The molecule has 2 N–H and O–H groups in total. The minimum Gasteiger partial charge on any atom is -0.325 e. The predicted molar refractivity (Wildman–Crippen MR) is 99.6 cm³/mol. The fourth-order valence-electron chi connectivity index (χ4n) is 2.63. The van der Waals surface area contributed by atoms with Crippen LogP contribution in [-0.2, 0) is 4.79 Å². The number of benzene rings is 1. The van der Waals surface area contributed by atoms with Crippen LogP contribution < -0.4 is 5.32 Å². The number of nitrogens with zero attached hydrogens (tertiary/aromatic N) is 3. The monoisotopic (exact) mass is 353 g/mol. The minimum atomic E-state index is -0.0738. The minimum absolute atomic E-state index is 0.0738. The molecule has 0 fully saturated rings. The molecule has 0 aliphatic heterocycles. The highest BCUT2D eigenvalue weighted by Gasteiger charge is 2.11. The molecule has 0 unspecified atom stereocenters. The number of pyridine rings is 1. The Morgan fingerprint density at radius 1 is 1.16 bits per heavy atom. The zero-order valence-electron chi connectivity index (χ0n) is 14.3. The van der Waals surface area contributed by atoms with E-state index in [9.17, 15) is 4.79 Å². The molecule has 7 heteroatoms. The van der Waals surface area contributed by atoms with Crippen molar-refractivity contribution in [3.05, 3.63) is 53.3 Å². The van der Waals surface area contributed by atoms with E-state index in [1.807, 2.05) is 32.9 Å². The van der Waals surface area contributed by atoms with Gasteiger partial charge in [0, 0.05) is 23.6 Å². The van der Waals surface area contributed by atoms with E-state index in [0.29, 0.717) is 11.0 Å². The van der Waals surface area contributed by atoms with Crippen LogP contribution in [0.15, 0.2) is 41.8 Å². The van der Waals surface area contributed by atoms with Gasteiger partial charge in [-0.3, -0.25) is 14.9 Å². The number of aromatic nitrogens is 4. The molecule has 3 rings (SSSR count).